The van der Waals surface area contributed by atoms with Gasteiger partial charge in [0.2, 0.25) is 11.7 Å². The van der Waals surface area contributed by atoms with Crippen molar-refractivity contribution in [1.29, 1.82) is 0 Å². The Morgan fingerprint density at radius 1 is 1.12 bits per heavy atom. The Morgan fingerprint density at radius 2 is 1.94 bits per heavy atom. The van der Waals surface area contributed by atoms with Crippen LogP contribution >= 0.6 is 11.6 Å². The van der Waals surface area contributed by atoms with E-state index in [1.807, 2.05) is 30.3 Å². The van der Waals surface area contributed by atoms with Crippen LogP contribution in [0.15, 0.2) is 65.3 Å². The van der Waals surface area contributed by atoms with Crippen molar-refractivity contribution >= 4 is 28.4 Å². The number of rotatable bonds is 5. The molecule has 0 bridgehead atoms. The molecule has 0 radical (unpaired) electrons. The van der Waals surface area contributed by atoms with Gasteiger partial charge in [-0.2, -0.15) is 4.98 Å². The van der Waals surface area contributed by atoms with E-state index in [9.17, 15) is 4.79 Å². The van der Waals surface area contributed by atoms with E-state index in [0.29, 0.717) is 16.5 Å². The highest BCUT2D eigenvalue weighted by atomic mass is 35.5. The van der Waals surface area contributed by atoms with E-state index in [0.717, 1.165) is 22.2 Å². The van der Waals surface area contributed by atoms with Crippen LogP contribution in [0.5, 0.6) is 0 Å². The Kier molecular flexibility index (Phi) is 5.08. The van der Waals surface area contributed by atoms with Crippen molar-refractivity contribution in [3.05, 3.63) is 83.1 Å². The largest absolute Gasteiger partial charge is 0.341 e. The number of hydrogen-bond acceptors (Lipinski definition) is 7. The molecule has 0 saturated carbocycles. The molecule has 1 N–H and O–H groups in total. The molecule has 0 aliphatic rings. The number of nitrogens with one attached hydrogen (secondary N) is 1. The predicted molar refractivity (Wildman–Crippen MR) is 117 cm³/mol. The van der Waals surface area contributed by atoms with Crippen LogP contribution in [0.1, 0.15) is 22.1 Å². The van der Waals surface area contributed by atoms with Gasteiger partial charge < -0.3 is 9.84 Å². The molecule has 5 aromatic rings. The van der Waals surface area contributed by atoms with Gasteiger partial charge in [0.05, 0.1) is 23.4 Å². The maximum absolute atomic E-state index is 12.7. The van der Waals surface area contributed by atoms with Crippen molar-refractivity contribution in [2.45, 2.75) is 13.5 Å². The first-order chi connectivity index (χ1) is 15.6. The Hall–Kier alpha value is -4.11. The summed E-state index contributed by atoms with van der Waals surface area (Å²) in [6.07, 6.45) is 1.72. The fraction of sp³-hybridized carbons (Fsp3) is 0.0909. The van der Waals surface area contributed by atoms with Gasteiger partial charge in [-0.15, -0.1) is 5.10 Å². The van der Waals surface area contributed by atoms with E-state index in [-0.39, 0.29) is 18.1 Å². The number of para-hydroxylation sites is 1. The lowest BCUT2D eigenvalue weighted by molar-refractivity contribution is 0.0940. The lowest BCUT2D eigenvalue weighted by Crippen LogP contribution is -2.24. The molecule has 9 nitrogen and oxygen atoms in total. The first-order valence-corrected chi connectivity index (χ1v) is 10.1. The standard InChI is InChI=1S/C22H16ClN7O2/c1-13-19(27-29-30(13)17-6-2-4-14-5-3-11-24-20(14)17)22(31)25-12-18-26-21(28-32-18)15-7-9-16(23)10-8-15/h2-11H,12H2,1H3,(H,25,31). The number of carbonyl (C=O) groups is 1. The summed E-state index contributed by atoms with van der Waals surface area (Å²) in [4.78, 5) is 21.5. The zero-order valence-corrected chi connectivity index (χ0v) is 17.6. The molecule has 0 spiro atoms. The molecule has 1 amide bonds. The number of carbonyl (C=O) groups excluding carboxylic acids is 1. The van der Waals surface area contributed by atoms with Crippen LogP contribution in [0.25, 0.3) is 28.0 Å². The Bertz CT molecular complexity index is 1420. The van der Waals surface area contributed by atoms with Crippen molar-refractivity contribution in [3.8, 4) is 17.1 Å². The third-order valence-electron chi connectivity index (χ3n) is 4.92. The summed E-state index contributed by atoms with van der Waals surface area (Å²) in [5, 5.41) is 16.5. The van der Waals surface area contributed by atoms with Crippen LogP contribution in [0.3, 0.4) is 0 Å². The summed E-state index contributed by atoms with van der Waals surface area (Å²) in [6, 6.07) is 16.7. The number of fused-ring (bicyclic) bond motifs is 1. The van der Waals surface area contributed by atoms with E-state index in [4.69, 9.17) is 16.1 Å². The minimum absolute atomic E-state index is 0.0571. The fourth-order valence-electron chi connectivity index (χ4n) is 3.31. The van der Waals surface area contributed by atoms with Crippen molar-refractivity contribution in [2.75, 3.05) is 0 Å². The molecule has 0 fully saturated rings. The zero-order chi connectivity index (χ0) is 22.1. The van der Waals surface area contributed by atoms with E-state index in [2.05, 4.69) is 30.8 Å². The number of aromatic nitrogens is 6. The number of pyridine rings is 1. The van der Waals surface area contributed by atoms with Gasteiger partial charge in [0.25, 0.3) is 5.91 Å². The lowest BCUT2D eigenvalue weighted by Gasteiger charge is -2.07. The third-order valence-corrected chi connectivity index (χ3v) is 5.17. The Balaban J connectivity index is 1.33. The molecule has 0 atom stereocenters. The normalized spacial score (nSPS) is 11.1. The van der Waals surface area contributed by atoms with Crippen LogP contribution in [0.4, 0.5) is 0 Å². The minimum Gasteiger partial charge on any atom is -0.341 e. The van der Waals surface area contributed by atoms with Crippen LogP contribution in [-0.2, 0) is 6.54 Å². The zero-order valence-electron chi connectivity index (χ0n) is 16.9. The maximum Gasteiger partial charge on any atom is 0.274 e. The molecule has 10 heteroatoms. The van der Waals surface area contributed by atoms with E-state index < -0.39 is 5.91 Å². The number of amides is 1. The third kappa shape index (κ3) is 3.69. The average molecular weight is 446 g/mol. The molecule has 0 aliphatic carbocycles. The Labute approximate surface area is 187 Å². The van der Waals surface area contributed by atoms with Crippen molar-refractivity contribution in [3.63, 3.8) is 0 Å². The summed E-state index contributed by atoms with van der Waals surface area (Å²) < 4.78 is 6.84. The molecule has 0 unspecified atom stereocenters. The highest BCUT2D eigenvalue weighted by Gasteiger charge is 2.19. The molecule has 158 valence electrons. The van der Waals surface area contributed by atoms with Crippen molar-refractivity contribution < 1.29 is 9.32 Å². The SMILES string of the molecule is Cc1c(C(=O)NCc2nc(-c3ccc(Cl)cc3)no2)nnn1-c1cccc2cccnc12. The van der Waals surface area contributed by atoms with Gasteiger partial charge in [-0.3, -0.25) is 9.78 Å². The fourth-order valence-corrected chi connectivity index (χ4v) is 3.44. The first-order valence-electron chi connectivity index (χ1n) is 9.73. The molecule has 3 aromatic heterocycles. The summed E-state index contributed by atoms with van der Waals surface area (Å²) in [7, 11) is 0. The number of benzene rings is 2. The molecule has 0 aliphatic heterocycles. The number of nitrogens with zero attached hydrogens (tertiary/aromatic N) is 6. The highest BCUT2D eigenvalue weighted by Crippen LogP contribution is 2.21. The Morgan fingerprint density at radius 3 is 2.78 bits per heavy atom. The molecular formula is C22H16ClN7O2. The maximum atomic E-state index is 12.7. The lowest BCUT2D eigenvalue weighted by atomic mass is 10.2. The second kappa shape index (κ2) is 8.20. The molecule has 5 rings (SSSR count). The number of hydrogen-bond donors (Lipinski definition) is 1. The smallest absolute Gasteiger partial charge is 0.274 e. The van der Waals surface area contributed by atoms with E-state index in [1.165, 1.54) is 0 Å². The molecule has 2 aromatic carbocycles. The van der Waals surface area contributed by atoms with Crippen LogP contribution < -0.4 is 5.32 Å². The van der Waals surface area contributed by atoms with Crippen LogP contribution in [-0.4, -0.2) is 36.0 Å². The van der Waals surface area contributed by atoms with Gasteiger partial charge in [0.1, 0.15) is 0 Å². The minimum atomic E-state index is -0.395. The van der Waals surface area contributed by atoms with Gasteiger partial charge in [-0.25, -0.2) is 4.68 Å². The van der Waals surface area contributed by atoms with Gasteiger partial charge in [0.15, 0.2) is 5.69 Å². The van der Waals surface area contributed by atoms with E-state index >= 15 is 0 Å². The predicted octanol–water partition coefficient (Wildman–Crippen LogP) is 3.76. The average Bonchev–Trinajstić information content (AvgIpc) is 3.44. The molecule has 0 saturated heterocycles. The summed E-state index contributed by atoms with van der Waals surface area (Å²) >= 11 is 5.90. The second-order valence-electron chi connectivity index (χ2n) is 6.99. The van der Waals surface area contributed by atoms with Gasteiger partial charge >= 0.3 is 0 Å². The monoisotopic (exact) mass is 445 g/mol. The van der Waals surface area contributed by atoms with Gasteiger partial charge in [-0.1, -0.05) is 40.2 Å². The molecule has 32 heavy (non-hydrogen) atoms. The molecular weight excluding hydrogens is 430 g/mol. The quantitative estimate of drug-likeness (QED) is 0.438. The van der Waals surface area contributed by atoms with Crippen molar-refractivity contribution in [1.82, 2.24) is 35.4 Å². The van der Waals surface area contributed by atoms with E-state index in [1.54, 1.807) is 42.1 Å². The highest BCUT2D eigenvalue weighted by molar-refractivity contribution is 6.30. The van der Waals surface area contributed by atoms with Crippen LogP contribution in [0.2, 0.25) is 5.02 Å². The first kappa shape index (κ1) is 19.8. The van der Waals surface area contributed by atoms with Gasteiger partial charge in [0, 0.05) is 22.2 Å². The summed E-state index contributed by atoms with van der Waals surface area (Å²) in [5.41, 5.74) is 3.08. The topological polar surface area (TPSA) is 112 Å². The summed E-state index contributed by atoms with van der Waals surface area (Å²) in [5.74, 6) is 0.288. The van der Waals surface area contributed by atoms with Crippen molar-refractivity contribution in [2.24, 2.45) is 0 Å². The van der Waals surface area contributed by atoms with Gasteiger partial charge in [-0.05, 0) is 43.3 Å². The van der Waals surface area contributed by atoms with Crippen LogP contribution in [0, 0.1) is 6.92 Å². The summed E-state index contributed by atoms with van der Waals surface area (Å²) in [6.45, 7) is 1.84. The second-order valence-corrected chi connectivity index (χ2v) is 7.43. The number of halogens is 1. The molecule has 3 heterocycles.